The number of hydrogen-bond acceptors (Lipinski definition) is 5. The van der Waals surface area contributed by atoms with Gasteiger partial charge < -0.3 is 0 Å². The van der Waals surface area contributed by atoms with Gasteiger partial charge in [0, 0.05) is 11.4 Å². The Kier molecular flexibility index (Phi) is 4.03. The summed E-state index contributed by atoms with van der Waals surface area (Å²) >= 11 is 0. The number of aryl methyl sites for hydroxylation is 2. The molecule has 3 aromatic rings. The Morgan fingerprint density at radius 2 is 1.92 bits per heavy atom. The first-order valence-corrected chi connectivity index (χ1v) is 7.25. The van der Waals surface area contributed by atoms with E-state index in [-0.39, 0.29) is 11.6 Å². The van der Waals surface area contributed by atoms with Crippen molar-refractivity contribution in [2.45, 2.75) is 20.8 Å². The lowest BCUT2D eigenvalue weighted by molar-refractivity contribution is 0.0944. The number of benzene rings is 1. The van der Waals surface area contributed by atoms with Crippen LogP contribution in [0.5, 0.6) is 0 Å². The lowest BCUT2D eigenvalue weighted by atomic mass is 10.1. The van der Waals surface area contributed by atoms with Crippen molar-refractivity contribution in [3.63, 3.8) is 0 Å². The summed E-state index contributed by atoms with van der Waals surface area (Å²) in [5.41, 5.74) is 5.26. The van der Waals surface area contributed by atoms with Gasteiger partial charge in [0.25, 0.3) is 5.78 Å². The van der Waals surface area contributed by atoms with Gasteiger partial charge in [0.1, 0.15) is 5.82 Å². The molecule has 0 atom stereocenters. The third-order valence-corrected chi connectivity index (χ3v) is 3.41. The number of aromatic nitrogens is 4. The van der Waals surface area contributed by atoms with Crippen LogP contribution in [0.2, 0.25) is 0 Å². The van der Waals surface area contributed by atoms with Crippen molar-refractivity contribution < 1.29 is 9.18 Å². The normalized spacial score (nSPS) is 11.8. The molecule has 0 bridgehead atoms. The van der Waals surface area contributed by atoms with Gasteiger partial charge in [0.15, 0.2) is 0 Å². The van der Waals surface area contributed by atoms with Gasteiger partial charge in [-0.05, 0) is 44.5 Å². The summed E-state index contributed by atoms with van der Waals surface area (Å²) in [5, 5.41) is 8.12. The summed E-state index contributed by atoms with van der Waals surface area (Å²) < 4.78 is 14.4. The Hall–Kier alpha value is -3.16. The average molecular weight is 326 g/mol. The lowest BCUT2D eigenvalue weighted by Gasteiger charge is -2.01. The first-order valence-electron chi connectivity index (χ1n) is 7.25. The van der Waals surface area contributed by atoms with E-state index in [1.54, 1.807) is 19.1 Å². The minimum absolute atomic E-state index is 0.0214. The number of halogens is 1. The van der Waals surface area contributed by atoms with Crippen LogP contribution >= 0.6 is 0 Å². The SMILES string of the molecule is C/C(=N\NC(=O)c1nc2nc(C)cc(C)n2n1)c1ccc(F)cc1. The minimum Gasteiger partial charge on any atom is -0.264 e. The zero-order valence-corrected chi connectivity index (χ0v) is 13.4. The fraction of sp³-hybridized carbons (Fsp3) is 0.188. The lowest BCUT2D eigenvalue weighted by Crippen LogP contribution is -2.20. The van der Waals surface area contributed by atoms with Crippen LogP contribution in [0.25, 0.3) is 5.78 Å². The number of hydrogen-bond donors (Lipinski definition) is 1. The second kappa shape index (κ2) is 6.15. The third-order valence-electron chi connectivity index (χ3n) is 3.41. The number of nitrogens with zero attached hydrogens (tertiary/aromatic N) is 5. The number of fused-ring (bicyclic) bond motifs is 1. The molecule has 24 heavy (non-hydrogen) atoms. The second-order valence-electron chi connectivity index (χ2n) is 5.33. The molecule has 0 aliphatic rings. The van der Waals surface area contributed by atoms with Crippen LogP contribution in [-0.2, 0) is 0 Å². The molecule has 0 aliphatic heterocycles. The zero-order chi connectivity index (χ0) is 17.3. The molecule has 0 fully saturated rings. The van der Waals surface area contributed by atoms with E-state index in [1.165, 1.54) is 16.6 Å². The molecule has 0 spiro atoms. The van der Waals surface area contributed by atoms with Gasteiger partial charge in [0.2, 0.25) is 5.82 Å². The Morgan fingerprint density at radius 1 is 1.21 bits per heavy atom. The molecular weight excluding hydrogens is 311 g/mol. The largest absolute Gasteiger partial charge is 0.311 e. The molecule has 0 saturated carbocycles. The first kappa shape index (κ1) is 15.7. The number of rotatable bonds is 3. The fourth-order valence-electron chi connectivity index (χ4n) is 2.20. The van der Waals surface area contributed by atoms with Crippen molar-refractivity contribution in [2.75, 3.05) is 0 Å². The van der Waals surface area contributed by atoms with Crippen LogP contribution in [0.4, 0.5) is 4.39 Å². The summed E-state index contributed by atoms with van der Waals surface area (Å²) in [4.78, 5) is 20.5. The van der Waals surface area contributed by atoms with Crippen molar-refractivity contribution in [3.8, 4) is 0 Å². The van der Waals surface area contributed by atoms with Crippen LogP contribution in [0.3, 0.4) is 0 Å². The first-order chi connectivity index (χ1) is 11.4. The Morgan fingerprint density at radius 3 is 2.62 bits per heavy atom. The predicted octanol–water partition coefficient (Wildman–Crippen LogP) is 2.03. The molecule has 122 valence electrons. The van der Waals surface area contributed by atoms with Crippen LogP contribution < -0.4 is 5.43 Å². The molecule has 2 aromatic heterocycles. The maximum absolute atomic E-state index is 12.9. The number of carbonyl (C=O) groups is 1. The van der Waals surface area contributed by atoms with E-state index in [9.17, 15) is 9.18 Å². The standard InChI is InChI=1S/C16H15FN6O/c1-9-8-10(2)23-16(18-9)19-14(22-23)15(24)21-20-11(3)12-4-6-13(17)7-5-12/h4-8H,1-3H3,(H,21,24)/b20-11+. The van der Waals surface area contributed by atoms with Gasteiger partial charge >= 0.3 is 5.91 Å². The maximum atomic E-state index is 12.9. The van der Waals surface area contributed by atoms with Gasteiger partial charge in [-0.25, -0.2) is 19.3 Å². The van der Waals surface area contributed by atoms with Crippen molar-refractivity contribution in [2.24, 2.45) is 5.10 Å². The van der Waals surface area contributed by atoms with Gasteiger partial charge in [-0.2, -0.15) is 10.1 Å². The van der Waals surface area contributed by atoms with E-state index >= 15 is 0 Å². The number of nitrogens with one attached hydrogen (secondary N) is 1. The van der Waals surface area contributed by atoms with Crippen molar-refractivity contribution in [1.82, 2.24) is 25.0 Å². The molecular formula is C16H15FN6O. The zero-order valence-electron chi connectivity index (χ0n) is 13.4. The average Bonchev–Trinajstić information content (AvgIpc) is 2.97. The number of carbonyl (C=O) groups excluding carboxylic acids is 1. The van der Waals surface area contributed by atoms with E-state index in [1.807, 2.05) is 19.9 Å². The molecule has 2 heterocycles. The van der Waals surface area contributed by atoms with Crippen LogP contribution in [0.1, 0.15) is 34.5 Å². The van der Waals surface area contributed by atoms with Crippen LogP contribution in [-0.4, -0.2) is 31.2 Å². The molecule has 3 rings (SSSR count). The highest BCUT2D eigenvalue weighted by Gasteiger charge is 2.14. The maximum Gasteiger partial charge on any atom is 0.311 e. The molecule has 1 N–H and O–H groups in total. The monoisotopic (exact) mass is 326 g/mol. The smallest absolute Gasteiger partial charge is 0.264 e. The van der Waals surface area contributed by atoms with Crippen molar-refractivity contribution in [1.29, 1.82) is 0 Å². The molecule has 8 heteroatoms. The van der Waals surface area contributed by atoms with Crippen molar-refractivity contribution in [3.05, 3.63) is 58.9 Å². The van der Waals surface area contributed by atoms with E-state index in [0.717, 1.165) is 11.4 Å². The number of hydrazone groups is 1. The fourth-order valence-corrected chi connectivity index (χ4v) is 2.20. The summed E-state index contributed by atoms with van der Waals surface area (Å²) in [5.74, 6) is -0.537. The predicted molar refractivity (Wildman–Crippen MR) is 86.3 cm³/mol. The second-order valence-corrected chi connectivity index (χ2v) is 5.33. The number of amides is 1. The summed E-state index contributed by atoms with van der Waals surface area (Å²) in [6, 6.07) is 7.67. The van der Waals surface area contributed by atoms with Gasteiger partial charge in [0.05, 0.1) is 5.71 Å². The van der Waals surface area contributed by atoms with Crippen molar-refractivity contribution >= 4 is 17.4 Å². The van der Waals surface area contributed by atoms with E-state index < -0.39 is 5.91 Å². The van der Waals surface area contributed by atoms with Gasteiger partial charge in [-0.15, -0.1) is 5.10 Å². The highest BCUT2D eigenvalue weighted by Crippen LogP contribution is 2.06. The van der Waals surface area contributed by atoms with E-state index in [2.05, 4.69) is 25.6 Å². The highest BCUT2D eigenvalue weighted by atomic mass is 19.1. The van der Waals surface area contributed by atoms with Crippen LogP contribution in [0, 0.1) is 19.7 Å². The minimum atomic E-state index is -0.543. The molecule has 0 aliphatic carbocycles. The van der Waals surface area contributed by atoms with Crippen LogP contribution in [0.15, 0.2) is 35.4 Å². The molecule has 1 aromatic carbocycles. The van der Waals surface area contributed by atoms with Gasteiger partial charge in [-0.1, -0.05) is 12.1 Å². The molecule has 1 amide bonds. The Bertz CT molecular complexity index is 945. The van der Waals surface area contributed by atoms with E-state index in [4.69, 9.17) is 0 Å². The van der Waals surface area contributed by atoms with Gasteiger partial charge in [-0.3, -0.25) is 4.79 Å². The molecule has 0 radical (unpaired) electrons. The molecule has 0 saturated heterocycles. The van der Waals surface area contributed by atoms with E-state index in [0.29, 0.717) is 17.1 Å². The Labute approximate surface area is 137 Å². The summed E-state index contributed by atoms with van der Waals surface area (Å²) in [6.45, 7) is 5.41. The summed E-state index contributed by atoms with van der Waals surface area (Å²) in [7, 11) is 0. The third kappa shape index (κ3) is 3.12. The summed E-state index contributed by atoms with van der Waals surface area (Å²) in [6.07, 6.45) is 0. The molecule has 7 nitrogen and oxygen atoms in total. The Balaban J connectivity index is 1.81. The highest BCUT2D eigenvalue weighted by molar-refractivity contribution is 6.00. The quantitative estimate of drug-likeness (QED) is 0.589. The molecule has 0 unspecified atom stereocenters. The topological polar surface area (TPSA) is 84.5 Å².